The lowest BCUT2D eigenvalue weighted by Gasteiger charge is -2.18. The van der Waals surface area contributed by atoms with Gasteiger partial charge < -0.3 is 15.4 Å². The van der Waals surface area contributed by atoms with E-state index in [9.17, 15) is 4.79 Å². The zero-order valence-corrected chi connectivity index (χ0v) is 12.2. The zero-order chi connectivity index (χ0) is 14.3. The second-order valence-corrected chi connectivity index (χ2v) is 4.88. The van der Waals surface area contributed by atoms with Gasteiger partial charge in [0.2, 0.25) is 0 Å². The Morgan fingerprint density at radius 3 is 2.58 bits per heavy atom. The number of anilines is 1. The SMILES string of the molecule is CCC(COC)NC(=O)c1ccccc1NC(C)C. The van der Waals surface area contributed by atoms with Crippen LogP contribution in [-0.2, 0) is 4.74 Å². The van der Waals surface area contributed by atoms with Crippen LogP contribution in [0, 0.1) is 0 Å². The summed E-state index contributed by atoms with van der Waals surface area (Å²) in [6.45, 7) is 6.66. The first-order valence-corrected chi connectivity index (χ1v) is 6.73. The molecule has 0 aliphatic rings. The highest BCUT2D eigenvalue weighted by Crippen LogP contribution is 2.16. The minimum absolute atomic E-state index is 0.0459. The summed E-state index contributed by atoms with van der Waals surface area (Å²) in [7, 11) is 1.64. The molecule has 0 aliphatic carbocycles. The maximum absolute atomic E-state index is 12.3. The van der Waals surface area contributed by atoms with E-state index >= 15 is 0 Å². The molecule has 2 N–H and O–H groups in total. The Bertz CT molecular complexity index is 405. The van der Waals surface area contributed by atoms with Gasteiger partial charge in [-0.15, -0.1) is 0 Å². The maximum Gasteiger partial charge on any atom is 0.253 e. The molecule has 4 heteroatoms. The van der Waals surface area contributed by atoms with E-state index in [1.807, 2.05) is 31.2 Å². The molecule has 1 rings (SSSR count). The largest absolute Gasteiger partial charge is 0.383 e. The summed E-state index contributed by atoms with van der Waals surface area (Å²) >= 11 is 0. The van der Waals surface area contributed by atoms with Crippen molar-refractivity contribution in [3.63, 3.8) is 0 Å². The number of rotatable bonds is 7. The van der Waals surface area contributed by atoms with Crippen LogP contribution in [0.4, 0.5) is 5.69 Å². The Hall–Kier alpha value is -1.55. The third-order valence-electron chi connectivity index (χ3n) is 2.81. The minimum atomic E-state index is -0.0624. The highest BCUT2D eigenvalue weighted by Gasteiger charge is 2.15. The smallest absolute Gasteiger partial charge is 0.253 e. The first-order valence-electron chi connectivity index (χ1n) is 6.73. The molecule has 1 amide bonds. The van der Waals surface area contributed by atoms with Crippen molar-refractivity contribution in [1.29, 1.82) is 0 Å². The molecule has 4 nitrogen and oxygen atoms in total. The monoisotopic (exact) mass is 264 g/mol. The van der Waals surface area contributed by atoms with Crippen molar-refractivity contribution in [3.8, 4) is 0 Å². The zero-order valence-electron chi connectivity index (χ0n) is 12.2. The molecule has 1 aromatic carbocycles. The van der Waals surface area contributed by atoms with Gasteiger partial charge in [-0.3, -0.25) is 4.79 Å². The van der Waals surface area contributed by atoms with Gasteiger partial charge in [-0.25, -0.2) is 0 Å². The molecule has 1 atom stereocenters. The van der Waals surface area contributed by atoms with Gasteiger partial charge in [0.25, 0.3) is 5.91 Å². The van der Waals surface area contributed by atoms with E-state index in [-0.39, 0.29) is 18.0 Å². The average molecular weight is 264 g/mol. The summed E-state index contributed by atoms with van der Waals surface area (Å²) in [5.41, 5.74) is 1.54. The topological polar surface area (TPSA) is 50.4 Å². The highest BCUT2D eigenvalue weighted by atomic mass is 16.5. The van der Waals surface area contributed by atoms with Crippen molar-refractivity contribution in [2.24, 2.45) is 0 Å². The number of methoxy groups -OCH3 is 1. The molecule has 1 aromatic rings. The number of hydrogen-bond donors (Lipinski definition) is 2. The second-order valence-electron chi connectivity index (χ2n) is 4.88. The molecule has 0 saturated carbocycles. The average Bonchev–Trinajstić information content (AvgIpc) is 2.38. The summed E-state index contributed by atoms with van der Waals surface area (Å²) < 4.78 is 5.10. The van der Waals surface area contributed by atoms with Crippen LogP contribution in [0.3, 0.4) is 0 Å². The fourth-order valence-electron chi connectivity index (χ4n) is 1.84. The van der Waals surface area contributed by atoms with E-state index in [0.717, 1.165) is 12.1 Å². The molecular weight excluding hydrogens is 240 g/mol. The molecule has 0 heterocycles. The van der Waals surface area contributed by atoms with Crippen LogP contribution < -0.4 is 10.6 Å². The number of amides is 1. The first kappa shape index (κ1) is 15.5. The number of ether oxygens (including phenoxy) is 1. The highest BCUT2D eigenvalue weighted by molar-refractivity contribution is 5.99. The predicted molar refractivity (Wildman–Crippen MR) is 78.6 cm³/mol. The fourth-order valence-corrected chi connectivity index (χ4v) is 1.84. The van der Waals surface area contributed by atoms with Gasteiger partial charge >= 0.3 is 0 Å². The van der Waals surface area contributed by atoms with Crippen molar-refractivity contribution in [2.75, 3.05) is 19.0 Å². The minimum Gasteiger partial charge on any atom is -0.383 e. The summed E-state index contributed by atoms with van der Waals surface area (Å²) in [6.07, 6.45) is 0.847. The Labute approximate surface area is 115 Å². The Balaban J connectivity index is 2.81. The predicted octanol–water partition coefficient (Wildman–Crippen LogP) is 2.66. The van der Waals surface area contributed by atoms with Gasteiger partial charge in [0, 0.05) is 18.8 Å². The van der Waals surface area contributed by atoms with Crippen LogP contribution in [0.25, 0.3) is 0 Å². The van der Waals surface area contributed by atoms with Gasteiger partial charge in [0.15, 0.2) is 0 Å². The lowest BCUT2D eigenvalue weighted by atomic mass is 10.1. The maximum atomic E-state index is 12.3. The van der Waals surface area contributed by atoms with E-state index in [4.69, 9.17) is 4.74 Å². The quantitative estimate of drug-likeness (QED) is 0.796. The van der Waals surface area contributed by atoms with Gasteiger partial charge in [-0.1, -0.05) is 19.1 Å². The number of carbonyl (C=O) groups is 1. The lowest BCUT2D eigenvalue weighted by molar-refractivity contribution is 0.0895. The van der Waals surface area contributed by atoms with Crippen LogP contribution in [0.15, 0.2) is 24.3 Å². The third kappa shape index (κ3) is 4.91. The molecule has 0 spiro atoms. The molecule has 0 bridgehead atoms. The molecule has 19 heavy (non-hydrogen) atoms. The number of carbonyl (C=O) groups excluding carboxylic acids is 1. The molecular formula is C15H24N2O2. The standard InChI is InChI=1S/C15H24N2O2/c1-5-12(10-19-4)17-15(18)13-8-6-7-9-14(13)16-11(2)3/h6-9,11-12,16H,5,10H2,1-4H3,(H,17,18). The van der Waals surface area contributed by atoms with Gasteiger partial charge in [-0.2, -0.15) is 0 Å². The van der Waals surface area contributed by atoms with E-state index < -0.39 is 0 Å². The van der Waals surface area contributed by atoms with Gasteiger partial charge in [-0.05, 0) is 32.4 Å². The van der Waals surface area contributed by atoms with E-state index in [1.165, 1.54) is 0 Å². The Morgan fingerprint density at radius 1 is 1.32 bits per heavy atom. The second kappa shape index (κ2) is 7.79. The Kier molecular flexibility index (Phi) is 6.36. The Morgan fingerprint density at radius 2 is 2.00 bits per heavy atom. The molecule has 0 aliphatic heterocycles. The molecule has 1 unspecified atom stereocenters. The normalized spacial score (nSPS) is 12.3. The molecule has 0 aromatic heterocycles. The summed E-state index contributed by atoms with van der Waals surface area (Å²) in [4.78, 5) is 12.3. The number of nitrogens with one attached hydrogen (secondary N) is 2. The lowest BCUT2D eigenvalue weighted by Crippen LogP contribution is -2.37. The van der Waals surface area contributed by atoms with Crippen molar-refractivity contribution >= 4 is 11.6 Å². The number of benzene rings is 1. The van der Waals surface area contributed by atoms with Crippen molar-refractivity contribution < 1.29 is 9.53 Å². The summed E-state index contributed by atoms with van der Waals surface area (Å²) in [6, 6.07) is 7.89. The summed E-state index contributed by atoms with van der Waals surface area (Å²) in [5, 5.41) is 6.28. The van der Waals surface area contributed by atoms with Crippen LogP contribution in [0.1, 0.15) is 37.6 Å². The number of para-hydroxylation sites is 1. The van der Waals surface area contributed by atoms with Crippen LogP contribution >= 0.6 is 0 Å². The van der Waals surface area contributed by atoms with E-state index in [2.05, 4.69) is 24.5 Å². The fraction of sp³-hybridized carbons (Fsp3) is 0.533. The van der Waals surface area contributed by atoms with Crippen LogP contribution in [0.5, 0.6) is 0 Å². The van der Waals surface area contributed by atoms with Gasteiger partial charge in [0.1, 0.15) is 0 Å². The molecule has 0 saturated heterocycles. The van der Waals surface area contributed by atoms with E-state index in [1.54, 1.807) is 7.11 Å². The molecule has 0 radical (unpaired) electrons. The van der Waals surface area contributed by atoms with Crippen LogP contribution in [-0.4, -0.2) is 31.7 Å². The van der Waals surface area contributed by atoms with Crippen molar-refractivity contribution in [3.05, 3.63) is 29.8 Å². The van der Waals surface area contributed by atoms with Crippen molar-refractivity contribution in [2.45, 2.75) is 39.3 Å². The van der Waals surface area contributed by atoms with E-state index in [0.29, 0.717) is 12.2 Å². The van der Waals surface area contributed by atoms with Crippen molar-refractivity contribution in [1.82, 2.24) is 5.32 Å². The molecule has 0 fully saturated rings. The van der Waals surface area contributed by atoms with Gasteiger partial charge in [0.05, 0.1) is 18.2 Å². The summed E-state index contributed by atoms with van der Waals surface area (Å²) in [5.74, 6) is -0.0624. The number of hydrogen-bond acceptors (Lipinski definition) is 3. The molecule has 106 valence electrons. The first-order chi connectivity index (χ1) is 9.08. The van der Waals surface area contributed by atoms with Crippen LogP contribution in [0.2, 0.25) is 0 Å². The third-order valence-corrected chi connectivity index (χ3v) is 2.81.